The van der Waals surface area contributed by atoms with E-state index in [9.17, 15) is 14.0 Å². The van der Waals surface area contributed by atoms with Crippen LogP contribution in [-0.4, -0.2) is 45.8 Å². The molecule has 1 aromatic heterocycles. The molecule has 1 amide bonds. The quantitative estimate of drug-likeness (QED) is 0.768. The predicted molar refractivity (Wildman–Crippen MR) is 95.7 cm³/mol. The van der Waals surface area contributed by atoms with Gasteiger partial charge in [-0.25, -0.2) is 9.07 Å². The minimum atomic E-state index is -0.608. The van der Waals surface area contributed by atoms with Crippen molar-refractivity contribution in [3.8, 4) is 5.69 Å². The van der Waals surface area contributed by atoms with E-state index in [1.807, 2.05) is 6.92 Å². The monoisotopic (exact) mass is 361 g/mol. The Morgan fingerprint density at radius 3 is 2.38 bits per heavy atom. The van der Waals surface area contributed by atoms with Crippen molar-refractivity contribution >= 4 is 11.9 Å². The average molecular weight is 361 g/mol. The van der Waals surface area contributed by atoms with Crippen molar-refractivity contribution in [1.29, 1.82) is 0 Å². The fourth-order valence-corrected chi connectivity index (χ4v) is 2.54. The Kier molecular flexibility index (Phi) is 5.79. The normalized spacial score (nSPS) is 11.3. The van der Waals surface area contributed by atoms with E-state index in [0.29, 0.717) is 23.4 Å². The van der Waals surface area contributed by atoms with Crippen LogP contribution in [-0.2, 0) is 16.0 Å². The molecular formula is C19H24FN3O3. The molecule has 6 nitrogen and oxygen atoms in total. The highest BCUT2D eigenvalue weighted by atomic mass is 19.1. The molecule has 0 saturated heterocycles. The first-order valence-electron chi connectivity index (χ1n) is 8.42. The van der Waals surface area contributed by atoms with Crippen molar-refractivity contribution in [3.63, 3.8) is 0 Å². The van der Waals surface area contributed by atoms with Gasteiger partial charge in [0.05, 0.1) is 23.1 Å². The minimum Gasteiger partial charge on any atom is -0.459 e. The summed E-state index contributed by atoms with van der Waals surface area (Å²) in [7, 11) is 1.54. The highest BCUT2D eigenvalue weighted by Crippen LogP contribution is 2.18. The first-order chi connectivity index (χ1) is 12.1. The zero-order valence-electron chi connectivity index (χ0n) is 15.7. The number of likely N-dealkylation sites (N-methyl/N-ethyl adjacent to an activating group) is 1. The fourth-order valence-electron chi connectivity index (χ4n) is 2.54. The maximum atomic E-state index is 13.1. The van der Waals surface area contributed by atoms with Gasteiger partial charge in [-0.1, -0.05) is 6.92 Å². The summed E-state index contributed by atoms with van der Waals surface area (Å²) in [5.41, 5.74) is 1.15. The first-order valence-corrected chi connectivity index (χ1v) is 8.42. The van der Waals surface area contributed by atoms with Gasteiger partial charge in [-0.2, -0.15) is 5.10 Å². The number of carbonyl (C=O) groups excluding carboxylic acids is 2. The molecule has 0 atom stereocenters. The molecular weight excluding hydrogens is 337 g/mol. The van der Waals surface area contributed by atoms with Gasteiger partial charge in [0.25, 0.3) is 5.91 Å². The van der Waals surface area contributed by atoms with Crippen molar-refractivity contribution in [3.05, 3.63) is 47.5 Å². The highest BCUT2D eigenvalue weighted by molar-refractivity contribution is 5.96. The number of benzene rings is 1. The Balaban J connectivity index is 2.21. The lowest BCUT2D eigenvalue weighted by molar-refractivity contribution is -0.155. The molecule has 1 aromatic carbocycles. The van der Waals surface area contributed by atoms with Gasteiger partial charge in [0, 0.05) is 7.05 Å². The minimum absolute atomic E-state index is 0.152. The standard InChI is InChI=1S/C19H24FN3O3/c1-6-16-15(11-21-23(16)14-9-7-13(20)8-10-14)18(25)22(5)12-17(24)26-19(2,3)4/h7-11H,6,12H2,1-5H3. The number of amides is 1. The Bertz CT molecular complexity index is 791. The molecule has 7 heteroatoms. The number of ether oxygens (including phenoxy) is 1. The van der Waals surface area contributed by atoms with E-state index in [0.717, 1.165) is 0 Å². The second kappa shape index (κ2) is 7.68. The third kappa shape index (κ3) is 4.68. The molecule has 0 fully saturated rings. The second-order valence-corrected chi connectivity index (χ2v) is 6.99. The van der Waals surface area contributed by atoms with Crippen LogP contribution in [0.25, 0.3) is 5.69 Å². The molecule has 0 aliphatic carbocycles. The van der Waals surface area contributed by atoms with Crippen LogP contribution in [0.3, 0.4) is 0 Å². The van der Waals surface area contributed by atoms with Crippen LogP contribution in [0.4, 0.5) is 4.39 Å². The lowest BCUT2D eigenvalue weighted by Gasteiger charge is -2.22. The fraction of sp³-hybridized carbons (Fsp3) is 0.421. The second-order valence-electron chi connectivity index (χ2n) is 6.99. The molecule has 2 rings (SSSR count). The zero-order valence-corrected chi connectivity index (χ0v) is 15.7. The molecule has 0 spiro atoms. The Hall–Kier alpha value is -2.70. The lowest BCUT2D eigenvalue weighted by atomic mass is 10.1. The number of carbonyl (C=O) groups is 2. The van der Waals surface area contributed by atoms with Crippen LogP contribution in [0, 0.1) is 5.82 Å². The van der Waals surface area contributed by atoms with E-state index in [-0.39, 0.29) is 18.3 Å². The van der Waals surface area contributed by atoms with E-state index >= 15 is 0 Å². The molecule has 0 radical (unpaired) electrons. The predicted octanol–water partition coefficient (Wildman–Crippen LogP) is 2.99. The number of aromatic nitrogens is 2. The molecule has 0 aliphatic rings. The van der Waals surface area contributed by atoms with Gasteiger partial charge in [-0.05, 0) is 51.5 Å². The van der Waals surface area contributed by atoms with Crippen molar-refractivity contribution < 1.29 is 18.7 Å². The van der Waals surface area contributed by atoms with Crippen LogP contribution in [0.5, 0.6) is 0 Å². The van der Waals surface area contributed by atoms with Crippen LogP contribution in [0.1, 0.15) is 43.7 Å². The largest absolute Gasteiger partial charge is 0.459 e. The zero-order chi connectivity index (χ0) is 19.5. The molecule has 2 aromatic rings. The van der Waals surface area contributed by atoms with E-state index in [1.165, 1.54) is 23.2 Å². The molecule has 0 bridgehead atoms. The van der Waals surface area contributed by atoms with Gasteiger partial charge in [0.15, 0.2) is 0 Å². The van der Waals surface area contributed by atoms with Crippen LogP contribution >= 0.6 is 0 Å². The number of rotatable bonds is 5. The Morgan fingerprint density at radius 1 is 1.23 bits per heavy atom. The van der Waals surface area contributed by atoms with E-state index in [1.54, 1.807) is 44.6 Å². The topological polar surface area (TPSA) is 64.4 Å². The number of hydrogen-bond acceptors (Lipinski definition) is 4. The summed E-state index contributed by atoms with van der Waals surface area (Å²) in [4.78, 5) is 26.0. The maximum Gasteiger partial charge on any atom is 0.326 e. The van der Waals surface area contributed by atoms with Crippen LogP contribution in [0.2, 0.25) is 0 Å². The van der Waals surface area contributed by atoms with Gasteiger partial charge in [0.2, 0.25) is 0 Å². The summed E-state index contributed by atoms with van der Waals surface area (Å²) < 4.78 is 20.0. The third-order valence-corrected chi connectivity index (χ3v) is 3.64. The summed E-state index contributed by atoms with van der Waals surface area (Å²) in [6.45, 7) is 7.07. The molecule has 0 saturated carbocycles. The Morgan fingerprint density at radius 2 is 1.85 bits per heavy atom. The van der Waals surface area contributed by atoms with Gasteiger partial charge >= 0.3 is 5.97 Å². The SMILES string of the molecule is CCc1c(C(=O)N(C)CC(=O)OC(C)(C)C)cnn1-c1ccc(F)cc1. The Labute approximate surface area is 152 Å². The molecule has 1 heterocycles. The van der Waals surface area contributed by atoms with Crippen molar-refractivity contribution in [1.82, 2.24) is 14.7 Å². The summed E-state index contributed by atoms with van der Waals surface area (Å²) >= 11 is 0. The van der Waals surface area contributed by atoms with E-state index in [4.69, 9.17) is 4.74 Å². The molecule has 140 valence electrons. The number of nitrogens with zero attached hydrogens (tertiary/aromatic N) is 3. The van der Waals surface area contributed by atoms with E-state index < -0.39 is 11.6 Å². The van der Waals surface area contributed by atoms with Gasteiger partial charge < -0.3 is 9.64 Å². The molecule has 26 heavy (non-hydrogen) atoms. The summed E-state index contributed by atoms with van der Waals surface area (Å²) in [6, 6.07) is 5.87. The summed E-state index contributed by atoms with van der Waals surface area (Å²) in [6.07, 6.45) is 2.02. The molecule has 0 aliphatic heterocycles. The van der Waals surface area contributed by atoms with Crippen molar-refractivity contribution in [2.45, 2.75) is 39.7 Å². The van der Waals surface area contributed by atoms with Crippen molar-refractivity contribution in [2.24, 2.45) is 0 Å². The molecule has 0 N–H and O–H groups in total. The van der Waals surface area contributed by atoms with Gasteiger partial charge in [-0.15, -0.1) is 0 Å². The van der Waals surface area contributed by atoms with E-state index in [2.05, 4.69) is 5.10 Å². The van der Waals surface area contributed by atoms with Gasteiger partial charge in [0.1, 0.15) is 18.0 Å². The number of hydrogen-bond donors (Lipinski definition) is 0. The summed E-state index contributed by atoms with van der Waals surface area (Å²) in [5, 5.41) is 4.26. The lowest BCUT2D eigenvalue weighted by Crippen LogP contribution is -2.36. The van der Waals surface area contributed by atoms with Crippen molar-refractivity contribution in [2.75, 3.05) is 13.6 Å². The maximum absolute atomic E-state index is 13.1. The average Bonchev–Trinajstić information content (AvgIpc) is 2.96. The number of esters is 1. The van der Waals surface area contributed by atoms with Crippen LogP contribution < -0.4 is 0 Å². The smallest absolute Gasteiger partial charge is 0.326 e. The first kappa shape index (κ1) is 19.6. The highest BCUT2D eigenvalue weighted by Gasteiger charge is 2.24. The summed E-state index contributed by atoms with van der Waals surface area (Å²) in [5.74, 6) is -1.13. The number of halogens is 1. The third-order valence-electron chi connectivity index (χ3n) is 3.64. The van der Waals surface area contributed by atoms with Gasteiger partial charge in [-0.3, -0.25) is 9.59 Å². The molecule has 0 unspecified atom stereocenters. The van der Waals surface area contributed by atoms with Crippen LogP contribution in [0.15, 0.2) is 30.5 Å².